The molecule has 0 radical (unpaired) electrons. The Morgan fingerprint density at radius 2 is 2.10 bits per heavy atom. The van der Waals surface area contributed by atoms with Crippen molar-refractivity contribution in [3.63, 3.8) is 0 Å². The van der Waals surface area contributed by atoms with Gasteiger partial charge in [0.1, 0.15) is 0 Å². The number of hydrogen-bond acceptors (Lipinski definition) is 7. The van der Waals surface area contributed by atoms with Gasteiger partial charge >= 0.3 is 0 Å². The quantitative estimate of drug-likeness (QED) is 0.490. The van der Waals surface area contributed by atoms with Gasteiger partial charge in [0.15, 0.2) is 9.84 Å². The lowest BCUT2D eigenvalue weighted by molar-refractivity contribution is 0.599. The van der Waals surface area contributed by atoms with E-state index in [-0.39, 0.29) is 34.1 Å². The summed E-state index contributed by atoms with van der Waals surface area (Å²) in [6.45, 7) is -2.22. The number of hydrogen-bond donors (Lipinski definition) is 1. The van der Waals surface area contributed by atoms with E-state index in [9.17, 15) is 16.8 Å². The number of aromatic nitrogens is 5. The largest absolute Gasteiger partial charge is 0.352 e. The fourth-order valence-corrected chi connectivity index (χ4v) is 6.48. The molecule has 31 heavy (non-hydrogen) atoms. The first-order valence-electron chi connectivity index (χ1n) is 10.8. The molecule has 162 valence electrons. The van der Waals surface area contributed by atoms with Gasteiger partial charge in [0.05, 0.1) is 49.7 Å². The molecule has 0 spiro atoms. The zero-order valence-corrected chi connectivity index (χ0v) is 18.2. The lowest BCUT2D eigenvalue weighted by Gasteiger charge is -2.18. The minimum Gasteiger partial charge on any atom is -0.352 e. The van der Waals surface area contributed by atoms with Crippen LogP contribution in [0.2, 0.25) is 0 Å². The number of nitrogens with one attached hydrogen (secondary N) is 1. The van der Waals surface area contributed by atoms with Crippen LogP contribution in [0.1, 0.15) is 16.2 Å². The van der Waals surface area contributed by atoms with Gasteiger partial charge in [-0.2, -0.15) is 0 Å². The van der Waals surface area contributed by atoms with Crippen molar-refractivity contribution >= 4 is 47.5 Å². The highest BCUT2D eigenvalue weighted by atomic mass is 32.2. The minimum absolute atomic E-state index is 0.00720. The van der Waals surface area contributed by atoms with Gasteiger partial charge in [0, 0.05) is 35.7 Å². The first-order chi connectivity index (χ1) is 15.8. The summed E-state index contributed by atoms with van der Waals surface area (Å²) in [5.41, 5.74) is 1.84. The van der Waals surface area contributed by atoms with Crippen LogP contribution in [0, 0.1) is 6.85 Å². The molecule has 0 atom stereocenters. The highest BCUT2D eigenvalue weighted by molar-refractivity contribution is 7.93. The van der Waals surface area contributed by atoms with Gasteiger partial charge in [-0.15, -0.1) is 5.10 Å². The molecule has 1 aliphatic rings. The molecule has 1 aromatic carbocycles. The van der Waals surface area contributed by atoms with E-state index in [4.69, 9.17) is 4.11 Å². The van der Waals surface area contributed by atoms with E-state index in [1.807, 2.05) is 0 Å². The first kappa shape index (κ1) is 16.7. The Labute approximate surface area is 183 Å². The standard InChI is InChI=1S/C19H20N6O4S2/c1-11-19(24(2)23-22-11)12-9-13-17(20-10-12)16-14(25-7-4-8-31(25,28)29)5-6-15(18(16)21-13)30(3,26)27/h5-6,9-10,21H,4,7-8H2,1-3H3/i1D3. The Kier molecular flexibility index (Phi) is 3.50. The summed E-state index contributed by atoms with van der Waals surface area (Å²) in [5.74, 6) is 0.00758. The van der Waals surface area contributed by atoms with Crippen molar-refractivity contribution in [3.8, 4) is 11.3 Å². The molecule has 1 fully saturated rings. The molecular formula is C19H20N6O4S2. The topological polar surface area (TPSA) is 131 Å². The van der Waals surface area contributed by atoms with Gasteiger partial charge < -0.3 is 4.98 Å². The molecule has 0 bridgehead atoms. The third kappa shape index (κ3) is 3.00. The van der Waals surface area contributed by atoms with E-state index in [1.165, 1.54) is 27.3 Å². The predicted molar refractivity (Wildman–Crippen MR) is 117 cm³/mol. The average Bonchev–Trinajstić information content (AvgIpc) is 3.39. The van der Waals surface area contributed by atoms with E-state index in [0.29, 0.717) is 34.1 Å². The fraction of sp³-hybridized carbons (Fsp3) is 0.316. The number of fused-ring (bicyclic) bond motifs is 3. The summed E-state index contributed by atoms with van der Waals surface area (Å²) in [6.07, 6.45) is 2.98. The van der Waals surface area contributed by atoms with E-state index in [2.05, 4.69) is 20.3 Å². The smallest absolute Gasteiger partial charge is 0.235 e. The van der Waals surface area contributed by atoms with Gasteiger partial charge in [-0.05, 0) is 31.5 Å². The molecule has 1 aliphatic heterocycles. The summed E-state index contributed by atoms with van der Waals surface area (Å²) in [5, 5.41) is 7.97. The number of sulfonamides is 1. The zero-order chi connectivity index (χ0) is 24.6. The fourth-order valence-electron chi connectivity index (χ4n) is 4.07. The van der Waals surface area contributed by atoms with Crippen LogP contribution in [-0.4, -0.2) is 60.4 Å². The van der Waals surface area contributed by atoms with Crippen LogP contribution >= 0.6 is 0 Å². The molecule has 0 amide bonds. The lowest BCUT2D eigenvalue weighted by Crippen LogP contribution is -2.25. The predicted octanol–water partition coefficient (Wildman–Crippen LogP) is 1.76. The van der Waals surface area contributed by atoms with Crippen LogP contribution in [0.5, 0.6) is 0 Å². The number of rotatable bonds is 3. The molecule has 0 aliphatic carbocycles. The normalized spacial score (nSPS) is 18.4. The highest BCUT2D eigenvalue weighted by Gasteiger charge is 2.32. The Balaban J connectivity index is 1.83. The van der Waals surface area contributed by atoms with Gasteiger partial charge in [0.2, 0.25) is 10.0 Å². The van der Waals surface area contributed by atoms with Crippen molar-refractivity contribution in [2.75, 3.05) is 22.9 Å². The monoisotopic (exact) mass is 463 g/mol. The zero-order valence-electron chi connectivity index (χ0n) is 19.6. The molecular weight excluding hydrogens is 440 g/mol. The molecule has 1 N–H and O–H groups in total. The second-order valence-corrected chi connectivity index (χ2v) is 11.5. The molecule has 0 saturated carbocycles. The summed E-state index contributed by atoms with van der Waals surface area (Å²) in [4.78, 5) is 7.57. The third-order valence-corrected chi connectivity index (χ3v) is 8.39. The molecule has 0 unspecified atom stereocenters. The van der Waals surface area contributed by atoms with Crippen LogP contribution in [0.4, 0.5) is 5.69 Å². The minimum atomic E-state index is -3.66. The van der Waals surface area contributed by atoms with Crippen molar-refractivity contribution in [2.45, 2.75) is 18.2 Å². The molecule has 5 rings (SSSR count). The maximum atomic E-state index is 12.6. The van der Waals surface area contributed by atoms with Gasteiger partial charge in [0.25, 0.3) is 0 Å². The number of nitrogens with zero attached hydrogens (tertiary/aromatic N) is 5. The summed E-state index contributed by atoms with van der Waals surface area (Å²) in [7, 11) is -5.63. The number of anilines is 1. The number of H-pyrrole nitrogens is 1. The maximum absolute atomic E-state index is 12.6. The Bertz CT molecular complexity index is 1690. The molecule has 3 aromatic heterocycles. The second-order valence-electron chi connectivity index (χ2n) is 7.50. The summed E-state index contributed by atoms with van der Waals surface area (Å²) in [6, 6.07) is 4.50. The third-order valence-electron chi connectivity index (χ3n) is 5.40. The Morgan fingerprint density at radius 1 is 1.29 bits per heavy atom. The lowest BCUT2D eigenvalue weighted by atomic mass is 10.1. The van der Waals surface area contributed by atoms with Crippen molar-refractivity contribution in [3.05, 3.63) is 30.1 Å². The number of sulfone groups is 1. The van der Waals surface area contributed by atoms with Crippen LogP contribution < -0.4 is 4.31 Å². The van der Waals surface area contributed by atoms with E-state index in [1.54, 1.807) is 13.1 Å². The number of benzene rings is 1. The first-order valence-corrected chi connectivity index (χ1v) is 12.8. The van der Waals surface area contributed by atoms with Crippen molar-refractivity contribution < 1.29 is 20.9 Å². The van der Waals surface area contributed by atoms with Crippen molar-refractivity contribution in [2.24, 2.45) is 7.05 Å². The van der Waals surface area contributed by atoms with Crippen LogP contribution in [0.15, 0.2) is 29.3 Å². The van der Waals surface area contributed by atoms with Crippen LogP contribution in [0.25, 0.3) is 33.2 Å². The van der Waals surface area contributed by atoms with Gasteiger partial charge in [-0.25, -0.2) is 21.5 Å². The second kappa shape index (κ2) is 6.50. The maximum Gasteiger partial charge on any atom is 0.235 e. The van der Waals surface area contributed by atoms with Crippen LogP contribution in [-0.2, 0) is 26.9 Å². The molecule has 4 aromatic rings. The van der Waals surface area contributed by atoms with Gasteiger partial charge in [-0.1, -0.05) is 5.21 Å². The Hall–Kier alpha value is -2.99. The van der Waals surface area contributed by atoms with E-state index >= 15 is 0 Å². The van der Waals surface area contributed by atoms with Crippen molar-refractivity contribution in [1.82, 2.24) is 25.0 Å². The molecule has 10 nitrogen and oxygen atoms in total. The van der Waals surface area contributed by atoms with E-state index < -0.39 is 26.7 Å². The highest BCUT2D eigenvalue weighted by Crippen LogP contribution is 2.39. The van der Waals surface area contributed by atoms with Crippen LogP contribution in [0.3, 0.4) is 0 Å². The molecule has 1 saturated heterocycles. The summed E-state index contributed by atoms with van der Waals surface area (Å²) < 4.78 is 76.1. The SMILES string of the molecule is [2H]C([2H])([2H])c1nnn(C)c1-c1cnc2c(c1)[nH]c1c(S(C)(=O)=O)ccc(N3CCCS3(=O)=O)c12. The van der Waals surface area contributed by atoms with Crippen molar-refractivity contribution in [1.29, 1.82) is 0 Å². The number of aryl methyl sites for hydroxylation is 2. The Morgan fingerprint density at radius 3 is 2.77 bits per heavy atom. The van der Waals surface area contributed by atoms with E-state index in [0.717, 1.165) is 6.26 Å². The number of pyridine rings is 1. The number of aromatic amines is 1. The molecule has 4 heterocycles. The average molecular weight is 464 g/mol. The van der Waals surface area contributed by atoms with Gasteiger partial charge in [-0.3, -0.25) is 9.29 Å². The summed E-state index contributed by atoms with van der Waals surface area (Å²) >= 11 is 0. The molecule has 12 heteroatoms.